The van der Waals surface area contributed by atoms with E-state index in [1.54, 1.807) is 6.92 Å². The van der Waals surface area contributed by atoms with Crippen LogP contribution in [0.2, 0.25) is 0 Å². The van der Waals surface area contributed by atoms with Crippen LogP contribution in [0, 0.1) is 10.1 Å². The Bertz CT molecular complexity index is 628. The van der Waals surface area contributed by atoms with Crippen molar-refractivity contribution >= 4 is 21.6 Å². The molecule has 0 aromatic heterocycles. The molecule has 1 N–H and O–H groups in total. The third kappa shape index (κ3) is 5.41. The van der Waals surface area contributed by atoms with Crippen LogP contribution in [0.4, 0.5) is 5.69 Å². The van der Waals surface area contributed by atoms with E-state index in [4.69, 9.17) is 0 Å². The largest absolute Gasteiger partial charge is 0.352 e. The van der Waals surface area contributed by atoms with Crippen molar-refractivity contribution in [1.29, 1.82) is 0 Å². The van der Waals surface area contributed by atoms with Gasteiger partial charge in [0.05, 0.1) is 11.2 Å². The molecular weight excluding hydrogens is 310 g/mol. The first-order valence-electron chi connectivity index (χ1n) is 6.73. The van der Waals surface area contributed by atoms with Gasteiger partial charge in [-0.2, -0.15) is 0 Å². The van der Waals surface area contributed by atoms with Crippen LogP contribution < -0.4 is 5.32 Å². The van der Waals surface area contributed by atoms with E-state index >= 15 is 0 Å². The maximum absolute atomic E-state index is 11.8. The Labute approximate surface area is 129 Å². The first kappa shape index (κ1) is 18.1. The number of nitrogens with one attached hydrogen (secondary N) is 1. The van der Waals surface area contributed by atoms with Crippen LogP contribution >= 0.6 is 0 Å². The van der Waals surface area contributed by atoms with Crippen LogP contribution in [0.1, 0.15) is 23.7 Å². The number of hydrogen-bond acceptors (Lipinski definition) is 5. The number of benzene rings is 1. The van der Waals surface area contributed by atoms with E-state index in [-0.39, 0.29) is 11.6 Å². The predicted molar refractivity (Wildman–Crippen MR) is 82.1 cm³/mol. The summed E-state index contributed by atoms with van der Waals surface area (Å²) in [6.07, 6.45) is 1.63. The Morgan fingerprint density at radius 2 is 1.91 bits per heavy atom. The van der Waals surface area contributed by atoms with Crippen molar-refractivity contribution in [3.8, 4) is 0 Å². The zero-order chi connectivity index (χ0) is 16.8. The molecule has 8 nitrogen and oxygen atoms in total. The quantitative estimate of drug-likeness (QED) is 0.434. The van der Waals surface area contributed by atoms with Gasteiger partial charge in [-0.3, -0.25) is 14.9 Å². The highest BCUT2D eigenvalue weighted by molar-refractivity contribution is 7.88. The fourth-order valence-corrected chi connectivity index (χ4v) is 2.78. The molecule has 1 rings (SSSR count). The van der Waals surface area contributed by atoms with Gasteiger partial charge >= 0.3 is 0 Å². The average molecular weight is 329 g/mol. The number of nitro groups is 1. The molecule has 0 radical (unpaired) electrons. The van der Waals surface area contributed by atoms with Gasteiger partial charge in [0.15, 0.2) is 0 Å². The molecule has 1 aromatic rings. The minimum absolute atomic E-state index is 0.0803. The molecule has 9 heteroatoms. The second kappa shape index (κ2) is 7.85. The number of carbonyl (C=O) groups is 1. The topological polar surface area (TPSA) is 110 Å². The molecule has 0 unspecified atom stereocenters. The molecule has 0 spiro atoms. The zero-order valence-electron chi connectivity index (χ0n) is 12.5. The lowest BCUT2D eigenvalue weighted by molar-refractivity contribution is -0.384. The molecule has 0 saturated carbocycles. The predicted octanol–water partition coefficient (Wildman–Crippen LogP) is 0.996. The summed E-state index contributed by atoms with van der Waals surface area (Å²) < 4.78 is 24.1. The molecule has 122 valence electrons. The molecule has 0 aliphatic heterocycles. The van der Waals surface area contributed by atoms with Crippen molar-refractivity contribution in [2.45, 2.75) is 13.3 Å². The van der Waals surface area contributed by atoms with Gasteiger partial charge in [0, 0.05) is 37.3 Å². The molecule has 0 bridgehead atoms. The number of rotatable bonds is 8. The van der Waals surface area contributed by atoms with Crippen LogP contribution in [-0.4, -0.2) is 49.4 Å². The molecule has 0 aliphatic carbocycles. The minimum atomic E-state index is -3.22. The van der Waals surface area contributed by atoms with Gasteiger partial charge in [0.1, 0.15) is 0 Å². The van der Waals surface area contributed by atoms with Crippen LogP contribution in [-0.2, 0) is 10.0 Å². The summed E-state index contributed by atoms with van der Waals surface area (Å²) in [4.78, 5) is 21.8. The van der Waals surface area contributed by atoms with Crippen LogP contribution in [0.25, 0.3) is 0 Å². The second-order valence-corrected chi connectivity index (χ2v) is 6.65. The number of nitrogens with zero attached hydrogens (tertiary/aromatic N) is 2. The van der Waals surface area contributed by atoms with E-state index in [0.717, 1.165) is 6.26 Å². The third-order valence-electron chi connectivity index (χ3n) is 3.03. The number of hydrogen-bond donors (Lipinski definition) is 1. The van der Waals surface area contributed by atoms with Gasteiger partial charge < -0.3 is 5.32 Å². The molecule has 0 aliphatic rings. The molecule has 1 aromatic carbocycles. The summed E-state index contributed by atoms with van der Waals surface area (Å²) >= 11 is 0. The third-order valence-corrected chi connectivity index (χ3v) is 4.41. The van der Waals surface area contributed by atoms with Crippen molar-refractivity contribution in [2.24, 2.45) is 0 Å². The van der Waals surface area contributed by atoms with E-state index in [1.165, 1.54) is 28.6 Å². The van der Waals surface area contributed by atoms with Gasteiger partial charge in [-0.05, 0) is 18.6 Å². The Balaban J connectivity index is 2.45. The normalized spacial score (nSPS) is 11.4. The molecule has 1 amide bonds. The standard InChI is InChI=1S/C13H19N3O5S/c1-3-15(22(2,20)21)10-4-9-14-13(17)11-5-7-12(8-6-11)16(18)19/h5-8H,3-4,9-10H2,1-2H3,(H,14,17). The highest BCUT2D eigenvalue weighted by Gasteiger charge is 2.14. The Kier molecular flexibility index (Phi) is 6.44. The van der Waals surface area contributed by atoms with E-state index in [9.17, 15) is 23.3 Å². The molecular formula is C13H19N3O5S. The van der Waals surface area contributed by atoms with Gasteiger partial charge in [-0.15, -0.1) is 0 Å². The monoisotopic (exact) mass is 329 g/mol. The zero-order valence-corrected chi connectivity index (χ0v) is 13.3. The van der Waals surface area contributed by atoms with E-state index in [1.807, 2.05) is 0 Å². The molecule has 0 heterocycles. The number of non-ortho nitro benzene ring substituents is 1. The van der Waals surface area contributed by atoms with Gasteiger partial charge in [0.25, 0.3) is 11.6 Å². The lowest BCUT2D eigenvalue weighted by Crippen LogP contribution is -2.33. The van der Waals surface area contributed by atoms with Gasteiger partial charge in [-0.1, -0.05) is 6.92 Å². The Morgan fingerprint density at radius 1 is 1.32 bits per heavy atom. The summed E-state index contributed by atoms with van der Waals surface area (Å²) in [7, 11) is -3.22. The van der Waals surface area contributed by atoms with E-state index < -0.39 is 14.9 Å². The Hall–Kier alpha value is -2.00. The lowest BCUT2D eigenvalue weighted by atomic mass is 10.2. The fourth-order valence-electron chi connectivity index (χ4n) is 1.85. The summed E-state index contributed by atoms with van der Waals surface area (Å²) in [5, 5.41) is 13.2. The summed E-state index contributed by atoms with van der Waals surface area (Å²) in [6.45, 7) is 2.78. The summed E-state index contributed by atoms with van der Waals surface area (Å²) in [5.41, 5.74) is 0.240. The first-order chi connectivity index (χ1) is 10.3. The van der Waals surface area contributed by atoms with Crippen LogP contribution in [0.5, 0.6) is 0 Å². The van der Waals surface area contributed by atoms with E-state index in [0.29, 0.717) is 31.6 Å². The smallest absolute Gasteiger partial charge is 0.269 e. The van der Waals surface area contributed by atoms with E-state index in [2.05, 4.69) is 5.32 Å². The second-order valence-electron chi connectivity index (χ2n) is 4.67. The summed E-state index contributed by atoms with van der Waals surface area (Å²) in [6, 6.07) is 5.28. The maximum Gasteiger partial charge on any atom is 0.269 e. The minimum Gasteiger partial charge on any atom is -0.352 e. The van der Waals surface area contributed by atoms with Crippen LogP contribution in [0.15, 0.2) is 24.3 Å². The Morgan fingerprint density at radius 3 is 2.36 bits per heavy atom. The summed E-state index contributed by atoms with van der Waals surface area (Å²) in [5.74, 6) is -0.350. The number of nitro benzene ring substituents is 1. The lowest BCUT2D eigenvalue weighted by Gasteiger charge is -2.17. The highest BCUT2D eigenvalue weighted by atomic mass is 32.2. The SMILES string of the molecule is CCN(CCCNC(=O)c1ccc([N+](=O)[O-])cc1)S(C)(=O)=O. The highest BCUT2D eigenvalue weighted by Crippen LogP contribution is 2.11. The molecule has 0 atom stereocenters. The van der Waals surface area contributed by atoms with Crippen molar-refractivity contribution in [3.05, 3.63) is 39.9 Å². The molecule has 0 fully saturated rings. The van der Waals surface area contributed by atoms with Crippen molar-refractivity contribution in [3.63, 3.8) is 0 Å². The van der Waals surface area contributed by atoms with Crippen LogP contribution in [0.3, 0.4) is 0 Å². The maximum atomic E-state index is 11.8. The fraction of sp³-hybridized carbons (Fsp3) is 0.462. The molecule has 22 heavy (non-hydrogen) atoms. The average Bonchev–Trinajstić information content (AvgIpc) is 2.45. The number of sulfonamides is 1. The number of carbonyl (C=O) groups excluding carboxylic acids is 1. The van der Waals surface area contributed by atoms with Gasteiger partial charge in [0.2, 0.25) is 10.0 Å². The van der Waals surface area contributed by atoms with Crippen molar-refractivity contribution in [1.82, 2.24) is 9.62 Å². The van der Waals surface area contributed by atoms with Crippen molar-refractivity contribution < 1.29 is 18.1 Å². The number of amides is 1. The molecule has 0 saturated heterocycles. The van der Waals surface area contributed by atoms with Crippen molar-refractivity contribution in [2.75, 3.05) is 25.9 Å². The first-order valence-corrected chi connectivity index (χ1v) is 8.58. The van der Waals surface area contributed by atoms with Gasteiger partial charge in [-0.25, -0.2) is 12.7 Å².